The van der Waals surface area contributed by atoms with E-state index >= 15 is 0 Å². The van der Waals surface area contributed by atoms with Gasteiger partial charge in [0.15, 0.2) is 5.60 Å². The van der Waals surface area contributed by atoms with E-state index in [-0.39, 0.29) is 17.9 Å². The van der Waals surface area contributed by atoms with Crippen molar-refractivity contribution in [2.24, 2.45) is 7.05 Å². The SMILES string of the molecule is CCOC(=O)C(C)(C)Oc1ccc(Cc2c(C)n(C)c3cc(C(=O)N[C@@H](C)c4ccc(C5CC5)cc4)ccc23)cc1. The number of aromatic nitrogens is 1. The molecule has 0 saturated heterocycles. The fraction of sp³-hybridized carbons (Fsp3) is 0.371. The molecule has 1 saturated carbocycles. The molecule has 1 atom stereocenters. The topological polar surface area (TPSA) is 69.6 Å². The molecule has 1 aromatic heterocycles. The summed E-state index contributed by atoms with van der Waals surface area (Å²) in [4.78, 5) is 25.4. The number of hydrogen-bond acceptors (Lipinski definition) is 4. The van der Waals surface area contributed by atoms with Crippen LogP contribution in [0.4, 0.5) is 0 Å². The Morgan fingerprint density at radius 2 is 1.71 bits per heavy atom. The molecule has 1 aliphatic carbocycles. The van der Waals surface area contributed by atoms with Crippen LogP contribution in [0.3, 0.4) is 0 Å². The summed E-state index contributed by atoms with van der Waals surface area (Å²) in [6.07, 6.45) is 3.31. The van der Waals surface area contributed by atoms with Crippen LogP contribution in [0.1, 0.15) is 90.8 Å². The molecule has 1 N–H and O–H groups in total. The van der Waals surface area contributed by atoms with Crippen molar-refractivity contribution < 1.29 is 19.1 Å². The Morgan fingerprint density at radius 3 is 2.34 bits per heavy atom. The Bertz CT molecular complexity index is 1560. The molecule has 0 unspecified atom stereocenters. The smallest absolute Gasteiger partial charge is 0.349 e. The Balaban J connectivity index is 1.29. The summed E-state index contributed by atoms with van der Waals surface area (Å²) in [6.45, 7) is 9.65. The zero-order valence-electron chi connectivity index (χ0n) is 24.9. The minimum absolute atomic E-state index is 0.0765. The molecule has 0 spiro atoms. The normalized spacial score (nSPS) is 14.1. The monoisotopic (exact) mass is 552 g/mol. The zero-order valence-corrected chi connectivity index (χ0v) is 24.9. The molecule has 5 rings (SSSR count). The number of fused-ring (bicyclic) bond motifs is 1. The van der Waals surface area contributed by atoms with Crippen LogP contribution in [0, 0.1) is 6.92 Å². The molecule has 6 nitrogen and oxygen atoms in total. The highest BCUT2D eigenvalue weighted by atomic mass is 16.6. The second kappa shape index (κ2) is 11.4. The first kappa shape index (κ1) is 28.5. The second-order valence-electron chi connectivity index (χ2n) is 11.6. The number of carbonyl (C=O) groups excluding carboxylic acids is 2. The van der Waals surface area contributed by atoms with Crippen LogP contribution < -0.4 is 10.1 Å². The quantitative estimate of drug-likeness (QED) is 0.212. The number of hydrogen-bond donors (Lipinski definition) is 1. The maximum Gasteiger partial charge on any atom is 0.349 e. The van der Waals surface area contributed by atoms with Gasteiger partial charge in [0.2, 0.25) is 0 Å². The highest BCUT2D eigenvalue weighted by molar-refractivity contribution is 5.99. The summed E-state index contributed by atoms with van der Waals surface area (Å²) in [6, 6.07) is 22.4. The Labute approximate surface area is 242 Å². The molecular formula is C35H40N2O4. The molecule has 0 radical (unpaired) electrons. The number of nitrogens with zero attached hydrogens (tertiary/aromatic N) is 1. The first-order valence-corrected chi connectivity index (χ1v) is 14.5. The van der Waals surface area contributed by atoms with Crippen molar-refractivity contribution in [2.45, 2.75) is 71.4 Å². The van der Waals surface area contributed by atoms with E-state index in [2.05, 4.69) is 47.1 Å². The summed E-state index contributed by atoms with van der Waals surface area (Å²) in [7, 11) is 2.04. The van der Waals surface area contributed by atoms with Crippen molar-refractivity contribution in [3.8, 4) is 5.75 Å². The fourth-order valence-electron chi connectivity index (χ4n) is 5.36. The van der Waals surface area contributed by atoms with Gasteiger partial charge in [-0.25, -0.2) is 4.79 Å². The summed E-state index contributed by atoms with van der Waals surface area (Å²) >= 11 is 0. The van der Waals surface area contributed by atoms with Gasteiger partial charge in [0.25, 0.3) is 5.91 Å². The molecule has 1 heterocycles. The van der Waals surface area contributed by atoms with E-state index < -0.39 is 5.60 Å². The van der Waals surface area contributed by atoms with E-state index in [1.54, 1.807) is 20.8 Å². The van der Waals surface area contributed by atoms with E-state index in [4.69, 9.17) is 9.47 Å². The van der Waals surface area contributed by atoms with Crippen LogP contribution in [0.15, 0.2) is 66.7 Å². The van der Waals surface area contributed by atoms with E-state index in [1.165, 1.54) is 24.0 Å². The molecule has 6 heteroatoms. The lowest BCUT2D eigenvalue weighted by atomic mass is 10.0. The van der Waals surface area contributed by atoms with Crippen LogP contribution in [-0.4, -0.2) is 28.7 Å². The summed E-state index contributed by atoms with van der Waals surface area (Å²) in [5.41, 5.74) is 6.64. The molecular weight excluding hydrogens is 512 g/mol. The molecule has 0 aliphatic heterocycles. The minimum atomic E-state index is -1.06. The van der Waals surface area contributed by atoms with Crippen molar-refractivity contribution in [2.75, 3.05) is 6.61 Å². The lowest BCUT2D eigenvalue weighted by molar-refractivity contribution is -0.158. The summed E-state index contributed by atoms with van der Waals surface area (Å²) in [5, 5.41) is 4.30. The minimum Gasteiger partial charge on any atom is -0.476 e. The highest BCUT2D eigenvalue weighted by Gasteiger charge is 2.31. The molecule has 41 heavy (non-hydrogen) atoms. The number of esters is 1. The van der Waals surface area contributed by atoms with E-state index in [0.717, 1.165) is 40.1 Å². The van der Waals surface area contributed by atoms with Crippen LogP contribution in [-0.2, 0) is 23.0 Å². The molecule has 1 amide bonds. The Kier molecular flexibility index (Phi) is 7.94. The van der Waals surface area contributed by atoms with Crippen LogP contribution in [0.5, 0.6) is 5.75 Å². The predicted octanol–water partition coefficient (Wildman–Crippen LogP) is 7.17. The lowest BCUT2D eigenvalue weighted by Crippen LogP contribution is -2.39. The molecule has 4 aromatic rings. The van der Waals surface area contributed by atoms with Gasteiger partial charge in [0.05, 0.1) is 12.6 Å². The van der Waals surface area contributed by atoms with Crippen LogP contribution >= 0.6 is 0 Å². The van der Waals surface area contributed by atoms with Gasteiger partial charge < -0.3 is 19.4 Å². The van der Waals surface area contributed by atoms with Gasteiger partial charge in [0.1, 0.15) is 5.75 Å². The van der Waals surface area contributed by atoms with Gasteiger partial charge in [-0.3, -0.25) is 4.79 Å². The predicted molar refractivity (Wildman–Crippen MR) is 163 cm³/mol. The van der Waals surface area contributed by atoms with Gasteiger partial charge in [0, 0.05) is 29.2 Å². The summed E-state index contributed by atoms with van der Waals surface area (Å²) in [5.74, 6) is 0.876. The van der Waals surface area contributed by atoms with Gasteiger partial charge in [-0.1, -0.05) is 42.5 Å². The van der Waals surface area contributed by atoms with Crippen molar-refractivity contribution in [1.82, 2.24) is 9.88 Å². The molecule has 1 aliphatic rings. The van der Waals surface area contributed by atoms with Gasteiger partial charge in [-0.05, 0) is 106 Å². The van der Waals surface area contributed by atoms with Crippen molar-refractivity contribution in [3.63, 3.8) is 0 Å². The third-order valence-corrected chi connectivity index (χ3v) is 8.16. The average Bonchev–Trinajstić information content (AvgIpc) is 3.78. The number of aryl methyl sites for hydroxylation is 1. The number of amides is 1. The molecule has 1 fully saturated rings. The Morgan fingerprint density at radius 1 is 1.02 bits per heavy atom. The first-order valence-electron chi connectivity index (χ1n) is 14.5. The van der Waals surface area contributed by atoms with Gasteiger partial charge in [-0.2, -0.15) is 0 Å². The standard InChI is InChI=1S/C35H40N2O4/c1-7-40-34(39)35(4,5)41-29-17-8-24(9-18-29)20-31-23(3)37(6)32-21-28(16-19-30(31)32)33(38)36-22(2)25-10-12-26(13-11-25)27-14-15-27/h8-13,16-19,21-22,27H,7,14-15,20H2,1-6H3,(H,36,38)/t22-/m0/s1. The number of nitrogens with one attached hydrogen (secondary N) is 1. The van der Waals surface area contributed by atoms with Crippen molar-refractivity contribution >= 4 is 22.8 Å². The maximum absolute atomic E-state index is 13.2. The maximum atomic E-state index is 13.2. The van der Waals surface area contributed by atoms with Crippen LogP contribution in [0.25, 0.3) is 10.9 Å². The number of benzene rings is 3. The van der Waals surface area contributed by atoms with E-state index in [0.29, 0.717) is 17.9 Å². The zero-order chi connectivity index (χ0) is 29.3. The first-order chi connectivity index (χ1) is 19.6. The second-order valence-corrected chi connectivity index (χ2v) is 11.6. The van der Waals surface area contributed by atoms with Crippen LogP contribution in [0.2, 0.25) is 0 Å². The Hall–Kier alpha value is -4.06. The van der Waals surface area contributed by atoms with Gasteiger partial charge in [-0.15, -0.1) is 0 Å². The van der Waals surface area contributed by atoms with Crippen molar-refractivity contribution in [1.29, 1.82) is 0 Å². The van der Waals surface area contributed by atoms with Gasteiger partial charge >= 0.3 is 5.97 Å². The third-order valence-electron chi connectivity index (χ3n) is 8.16. The fourth-order valence-corrected chi connectivity index (χ4v) is 5.36. The molecule has 3 aromatic carbocycles. The average molecular weight is 553 g/mol. The number of carbonyl (C=O) groups is 2. The molecule has 0 bridgehead atoms. The molecule has 214 valence electrons. The highest BCUT2D eigenvalue weighted by Crippen LogP contribution is 2.40. The van der Waals surface area contributed by atoms with E-state index in [9.17, 15) is 9.59 Å². The van der Waals surface area contributed by atoms with E-state index in [1.807, 2.05) is 50.4 Å². The number of ether oxygens (including phenoxy) is 2. The largest absolute Gasteiger partial charge is 0.476 e. The lowest BCUT2D eigenvalue weighted by Gasteiger charge is -2.24. The third kappa shape index (κ3) is 6.17. The summed E-state index contributed by atoms with van der Waals surface area (Å²) < 4.78 is 13.2. The van der Waals surface area contributed by atoms with Crippen molar-refractivity contribution in [3.05, 3.63) is 100 Å². The number of rotatable bonds is 10.